The van der Waals surface area contributed by atoms with Crippen LogP contribution in [0.25, 0.3) is 22.5 Å². The summed E-state index contributed by atoms with van der Waals surface area (Å²) in [5.74, 6) is 0.257. The minimum Gasteiger partial charge on any atom is -0.481 e. The van der Waals surface area contributed by atoms with Gasteiger partial charge >= 0.3 is 0 Å². The number of aliphatic hydroxyl groups is 1. The van der Waals surface area contributed by atoms with Crippen molar-refractivity contribution < 1.29 is 19.4 Å². The maximum absolute atomic E-state index is 13.2. The van der Waals surface area contributed by atoms with Crippen LogP contribution in [-0.2, 0) is 17.9 Å². The average molecular weight is 656 g/mol. The predicted molar refractivity (Wildman–Crippen MR) is 180 cm³/mol. The van der Waals surface area contributed by atoms with Crippen molar-refractivity contribution in [2.75, 3.05) is 32.1 Å². The number of hydrogen-bond donors (Lipinski definition) is 4. The van der Waals surface area contributed by atoms with Crippen LogP contribution < -0.4 is 20.7 Å². The summed E-state index contributed by atoms with van der Waals surface area (Å²) in [4.78, 5) is 40.5. The number of carbonyl (C=O) groups excluding carboxylic acids is 2. The number of rotatable bonds is 11. The van der Waals surface area contributed by atoms with Crippen LogP contribution in [0.1, 0.15) is 46.4 Å². The second-order valence-corrected chi connectivity index (χ2v) is 12.4. The minimum absolute atomic E-state index is 0.0931. The zero-order valence-electron chi connectivity index (χ0n) is 26.4. The van der Waals surface area contributed by atoms with Crippen molar-refractivity contribution in [2.45, 2.75) is 51.4 Å². The Bertz CT molecular complexity index is 1770. The molecular weight excluding hydrogens is 618 g/mol. The molecule has 2 aliphatic heterocycles. The minimum atomic E-state index is -0.319. The van der Waals surface area contributed by atoms with Gasteiger partial charge in [0.15, 0.2) is 0 Å². The molecule has 1 aromatic carbocycles. The summed E-state index contributed by atoms with van der Waals surface area (Å²) in [6, 6.07) is 15.0. The van der Waals surface area contributed by atoms with Crippen LogP contribution in [0.2, 0.25) is 5.02 Å². The van der Waals surface area contributed by atoms with E-state index < -0.39 is 0 Å². The molecule has 2 aliphatic rings. The molecule has 2 atom stereocenters. The van der Waals surface area contributed by atoms with Crippen LogP contribution >= 0.6 is 11.6 Å². The number of nitrogens with zero attached hydrogens (tertiary/aromatic N) is 4. The summed E-state index contributed by atoms with van der Waals surface area (Å²) >= 11 is 6.99. The molecule has 3 aromatic heterocycles. The van der Waals surface area contributed by atoms with Gasteiger partial charge in [0.05, 0.1) is 29.6 Å². The molecule has 2 amide bonds. The normalized spacial score (nSPS) is 17.9. The molecule has 0 aliphatic carbocycles. The van der Waals surface area contributed by atoms with Gasteiger partial charge in [-0.3, -0.25) is 24.5 Å². The lowest BCUT2D eigenvalue weighted by molar-refractivity contribution is -0.119. The van der Waals surface area contributed by atoms with E-state index >= 15 is 0 Å². The van der Waals surface area contributed by atoms with Crippen molar-refractivity contribution in [3.63, 3.8) is 0 Å². The third-order valence-corrected chi connectivity index (χ3v) is 9.02. The van der Waals surface area contributed by atoms with Crippen molar-refractivity contribution in [3.05, 3.63) is 88.3 Å². The monoisotopic (exact) mass is 655 g/mol. The van der Waals surface area contributed by atoms with E-state index in [-0.39, 0.29) is 24.0 Å². The molecule has 0 bridgehead atoms. The Kier molecular flexibility index (Phi) is 10.1. The number of amides is 2. The van der Waals surface area contributed by atoms with Crippen LogP contribution in [-0.4, -0.2) is 75.7 Å². The van der Waals surface area contributed by atoms with Crippen LogP contribution in [0.15, 0.2) is 60.9 Å². The average Bonchev–Trinajstić information content (AvgIpc) is 3.69. The Morgan fingerprint density at radius 3 is 2.72 bits per heavy atom. The quantitative estimate of drug-likeness (QED) is 0.185. The van der Waals surface area contributed by atoms with Gasteiger partial charge in [-0.15, -0.1) is 0 Å². The van der Waals surface area contributed by atoms with Gasteiger partial charge in [-0.2, -0.15) is 0 Å². The van der Waals surface area contributed by atoms with Gasteiger partial charge in [0.2, 0.25) is 11.8 Å². The number of halogens is 1. The third kappa shape index (κ3) is 7.60. The first kappa shape index (κ1) is 32.5. The first-order valence-electron chi connectivity index (χ1n) is 15.7. The number of aromatic nitrogens is 3. The van der Waals surface area contributed by atoms with Gasteiger partial charge in [-0.1, -0.05) is 35.9 Å². The summed E-state index contributed by atoms with van der Waals surface area (Å²) in [6.07, 6.45) is 5.29. The van der Waals surface area contributed by atoms with Gasteiger partial charge in [-0.05, 0) is 55.2 Å². The highest BCUT2D eigenvalue weighted by Gasteiger charge is 2.22. The number of hydrogen-bond acceptors (Lipinski definition) is 9. The van der Waals surface area contributed by atoms with E-state index in [2.05, 4.69) is 30.8 Å². The second kappa shape index (κ2) is 14.6. The zero-order valence-corrected chi connectivity index (χ0v) is 27.2. The molecule has 244 valence electrons. The molecule has 2 saturated heterocycles. The van der Waals surface area contributed by atoms with Crippen molar-refractivity contribution in [1.29, 1.82) is 0 Å². The summed E-state index contributed by atoms with van der Waals surface area (Å²) in [7, 11) is 1.58. The molecule has 11 nitrogen and oxygen atoms in total. The number of methoxy groups -OCH3 is 1. The number of β-amino-alcohol motifs (C(OH)–C–C–N with tert-alkyl or cyclic N) is 1. The molecule has 0 spiro atoms. The van der Waals surface area contributed by atoms with Gasteiger partial charge in [0.25, 0.3) is 5.91 Å². The molecule has 6 rings (SSSR count). The van der Waals surface area contributed by atoms with Gasteiger partial charge in [-0.25, -0.2) is 4.98 Å². The van der Waals surface area contributed by atoms with Gasteiger partial charge in [0, 0.05) is 80.0 Å². The molecule has 0 unspecified atom stereocenters. The van der Waals surface area contributed by atoms with Crippen LogP contribution in [0.4, 0.5) is 5.69 Å². The Balaban J connectivity index is 1.16. The number of likely N-dealkylation sites (tertiary alicyclic amines) is 1. The molecular formula is C35H38ClN7O4. The number of pyridine rings is 3. The van der Waals surface area contributed by atoms with E-state index in [0.717, 1.165) is 41.6 Å². The Morgan fingerprint density at radius 1 is 1.13 bits per heavy atom. The lowest BCUT2D eigenvalue weighted by atomic mass is 10.0. The standard InChI is InChI=1S/C35H38ClN7O4/c1-21-26(4-3-5-28(21)41-34(46)30-9-6-22(16-39-30)19-43-15-13-25(44)20-43)33-32(36)27(12-14-38-33)29-10-7-23(35(42-29)47-2)17-37-18-24-8-11-31(45)40-24/h3-7,9-10,12,14,16,24-25,37,44H,8,11,13,15,17-20H2,1-2H3,(H,40,45)(H,41,46)/t24-,25+/m1/s1. The zero-order chi connectivity index (χ0) is 32.9. The molecule has 5 heterocycles. The molecule has 12 heteroatoms. The molecule has 47 heavy (non-hydrogen) atoms. The summed E-state index contributed by atoms with van der Waals surface area (Å²) in [5.41, 5.74) is 6.30. The third-order valence-electron chi connectivity index (χ3n) is 8.64. The van der Waals surface area contributed by atoms with Crippen LogP contribution in [0.3, 0.4) is 0 Å². The van der Waals surface area contributed by atoms with Crippen molar-refractivity contribution in [3.8, 4) is 28.4 Å². The number of nitrogens with one attached hydrogen (secondary N) is 3. The van der Waals surface area contributed by atoms with Gasteiger partial charge in [0.1, 0.15) is 5.69 Å². The topological polar surface area (TPSA) is 142 Å². The largest absolute Gasteiger partial charge is 0.481 e. The van der Waals surface area contributed by atoms with E-state index in [1.54, 1.807) is 25.6 Å². The second-order valence-electron chi connectivity index (χ2n) is 12.0. The first-order valence-corrected chi connectivity index (χ1v) is 16.1. The number of benzene rings is 1. The number of carbonyl (C=O) groups is 2. The molecule has 4 N–H and O–H groups in total. The maximum atomic E-state index is 13.2. The van der Waals surface area contributed by atoms with E-state index in [4.69, 9.17) is 21.3 Å². The van der Waals surface area contributed by atoms with Crippen LogP contribution in [0, 0.1) is 6.92 Å². The number of aliphatic hydroxyl groups excluding tert-OH is 1. The lowest BCUT2D eigenvalue weighted by Gasteiger charge is -2.16. The fourth-order valence-electron chi connectivity index (χ4n) is 6.05. The summed E-state index contributed by atoms with van der Waals surface area (Å²) < 4.78 is 5.61. The van der Waals surface area contributed by atoms with E-state index in [9.17, 15) is 14.7 Å². The lowest BCUT2D eigenvalue weighted by Crippen LogP contribution is -2.35. The van der Waals surface area contributed by atoms with E-state index in [1.165, 1.54) is 0 Å². The first-order chi connectivity index (χ1) is 22.8. The van der Waals surface area contributed by atoms with Crippen molar-refractivity contribution >= 4 is 29.1 Å². The maximum Gasteiger partial charge on any atom is 0.274 e. The summed E-state index contributed by atoms with van der Waals surface area (Å²) in [6.45, 7) is 5.31. The smallest absolute Gasteiger partial charge is 0.274 e. The molecule has 4 aromatic rings. The summed E-state index contributed by atoms with van der Waals surface area (Å²) in [5, 5.41) is 19.5. The van der Waals surface area contributed by atoms with Crippen LogP contribution in [0.5, 0.6) is 5.88 Å². The van der Waals surface area contributed by atoms with Gasteiger partial charge < -0.3 is 25.8 Å². The van der Waals surface area contributed by atoms with Crippen molar-refractivity contribution in [1.82, 2.24) is 30.5 Å². The molecule has 2 fully saturated rings. The molecule has 0 saturated carbocycles. The Hall–Kier alpha value is -4.42. The van der Waals surface area contributed by atoms with E-state index in [0.29, 0.717) is 71.8 Å². The SMILES string of the molecule is COc1nc(-c2ccnc(-c3cccc(NC(=O)c4ccc(CN5CC[C@H](O)C5)cn4)c3C)c2Cl)ccc1CNC[C@H]1CCC(=O)N1. The Labute approximate surface area is 278 Å². The fraction of sp³-hybridized carbons (Fsp3) is 0.343. The number of anilines is 1. The Morgan fingerprint density at radius 2 is 2.00 bits per heavy atom. The predicted octanol–water partition coefficient (Wildman–Crippen LogP) is 4.36. The fourth-order valence-corrected chi connectivity index (χ4v) is 6.36. The highest BCUT2D eigenvalue weighted by Crippen LogP contribution is 2.38. The molecule has 0 radical (unpaired) electrons. The highest BCUT2D eigenvalue weighted by molar-refractivity contribution is 6.35. The highest BCUT2D eigenvalue weighted by atomic mass is 35.5. The number of ether oxygens (including phenoxy) is 1. The van der Waals surface area contributed by atoms with E-state index in [1.807, 2.05) is 49.4 Å². The van der Waals surface area contributed by atoms with Crippen molar-refractivity contribution in [2.24, 2.45) is 0 Å².